The van der Waals surface area contributed by atoms with Gasteiger partial charge in [0.15, 0.2) is 12.6 Å². The highest BCUT2D eigenvalue weighted by molar-refractivity contribution is 8.37. The van der Waals surface area contributed by atoms with Crippen LogP contribution >= 0.6 is 60.7 Å². The maximum Gasteiger partial charge on any atom is 0.261 e. The smallest absolute Gasteiger partial charge is 0.261 e. The van der Waals surface area contributed by atoms with Gasteiger partial charge in [-0.3, -0.25) is 9.28 Å². The largest absolute Gasteiger partial charge is 0.370 e. The molecule has 3 rings (SSSR count). The van der Waals surface area contributed by atoms with Crippen molar-refractivity contribution >= 4 is 82.1 Å². The Hall–Kier alpha value is 0.280. The molecule has 2 aliphatic rings. The van der Waals surface area contributed by atoms with E-state index < -0.39 is 0 Å². The Morgan fingerprint density at radius 1 is 1.20 bits per heavy atom. The van der Waals surface area contributed by atoms with E-state index in [2.05, 4.69) is 47.4 Å². The van der Waals surface area contributed by atoms with Gasteiger partial charge >= 0.3 is 0 Å². The summed E-state index contributed by atoms with van der Waals surface area (Å²) in [5, 5.41) is 11.1. The number of thiocarbonyl (C=S) groups is 1. The summed E-state index contributed by atoms with van der Waals surface area (Å²) in [6.45, 7) is 8.60. The summed E-state index contributed by atoms with van der Waals surface area (Å²) in [5.41, 5.74) is 2.57. The molecule has 0 aliphatic carbocycles. The van der Waals surface area contributed by atoms with Crippen LogP contribution in [0.1, 0.15) is 24.5 Å². The molecule has 2 saturated heterocycles. The van der Waals surface area contributed by atoms with Crippen molar-refractivity contribution < 1.29 is 19.1 Å². The number of benzene rings is 1. The molecular formula is C23H39Cl2N4O2S4+. The fourth-order valence-corrected chi connectivity index (χ4v) is 7.04. The molecule has 2 heterocycles. The minimum atomic E-state index is -0.111. The fraction of sp³-hybridized carbons (Fsp3) is 0.652. The van der Waals surface area contributed by atoms with Crippen LogP contribution in [0.5, 0.6) is 0 Å². The molecule has 0 amide bonds. The first-order chi connectivity index (χ1) is 15.6. The van der Waals surface area contributed by atoms with E-state index in [0.29, 0.717) is 34.2 Å². The molecule has 1 N–H and O–H groups in total. The van der Waals surface area contributed by atoms with Crippen molar-refractivity contribution in [2.75, 3.05) is 65.7 Å². The van der Waals surface area contributed by atoms with Crippen molar-refractivity contribution in [3.8, 4) is 0 Å². The number of quaternary nitrogens is 2. The van der Waals surface area contributed by atoms with E-state index in [0.717, 1.165) is 45.6 Å². The molecule has 0 spiro atoms. The third kappa shape index (κ3) is 9.51. The predicted octanol–water partition coefficient (Wildman–Crippen LogP) is 4.60. The van der Waals surface area contributed by atoms with Crippen LogP contribution in [0.2, 0.25) is 0 Å². The van der Waals surface area contributed by atoms with Gasteiger partial charge in [-0.2, -0.15) is 4.65 Å². The number of rotatable bonds is 7. The van der Waals surface area contributed by atoms with Gasteiger partial charge in [-0.25, -0.2) is 9.51 Å². The first-order valence-corrected chi connectivity index (χ1v) is 14.2. The number of nitrogens with zero attached hydrogens (tertiary/aromatic N) is 4. The number of aryl methyl sites for hydroxylation is 1. The summed E-state index contributed by atoms with van der Waals surface area (Å²) in [5.74, 6) is 0.556. The lowest BCUT2D eigenvalue weighted by Crippen LogP contribution is -2.70. The van der Waals surface area contributed by atoms with Crippen LogP contribution in [0.15, 0.2) is 24.3 Å². The van der Waals surface area contributed by atoms with E-state index in [1.165, 1.54) is 34.8 Å². The Bertz CT molecular complexity index is 843. The zero-order valence-electron chi connectivity index (χ0n) is 20.8. The van der Waals surface area contributed by atoms with E-state index >= 15 is 0 Å². The van der Waals surface area contributed by atoms with Gasteiger partial charge in [-0.15, -0.1) is 24.8 Å². The van der Waals surface area contributed by atoms with Gasteiger partial charge in [-0.1, -0.05) is 49.4 Å². The Morgan fingerprint density at radius 2 is 1.86 bits per heavy atom. The Morgan fingerprint density at radius 3 is 2.49 bits per heavy atom. The molecule has 1 aromatic rings. The molecule has 200 valence electrons. The van der Waals surface area contributed by atoms with Crippen molar-refractivity contribution in [3.63, 3.8) is 0 Å². The number of hydrogen-bond donors (Lipinski definition) is 1. The quantitative estimate of drug-likeness (QED) is 0.210. The van der Waals surface area contributed by atoms with Gasteiger partial charge in [0, 0.05) is 48.0 Å². The average Bonchev–Trinajstić information content (AvgIpc) is 2.76. The molecule has 3 unspecified atom stereocenters. The summed E-state index contributed by atoms with van der Waals surface area (Å²) in [4.78, 5) is 14.9. The molecule has 35 heavy (non-hydrogen) atoms. The summed E-state index contributed by atoms with van der Waals surface area (Å²) >= 11 is 13.8. The first kappa shape index (κ1) is 33.3. The van der Waals surface area contributed by atoms with Gasteiger partial charge in [0.05, 0.1) is 12.8 Å². The molecule has 6 nitrogen and oxygen atoms in total. The monoisotopic (exact) mass is 601 g/mol. The Labute approximate surface area is 242 Å². The first-order valence-electron chi connectivity index (χ1n) is 11.7. The molecule has 0 saturated carbocycles. The number of thioether (sulfide) groups is 1. The summed E-state index contributed by atoms with van der Waals surface area (Å²) in [7, 11) is 3.95. The maximum atomic E-state index is 12.7. The van der Waals surface area contributed by atoms with Crippen molar-refractivity contribution in [2.24, 2.45) is 0 Å². The molecule has 0 bridgehead atoms. The van der Waals surface area contributed by atoms with E-state index in [-0.39, 0.29) is 39.9 Å². The molecule has 1 aromatic carbocycles. The van der Waals surface area contributed by atoms with Crippen LogP contribution in [0.3, 0.4) is 0 Å². The number of hydroxylamine groups is 3. The molecular weight excluding hydrogens is 563 g/mol. The third-order valence-corrected chi connectivity index (χ3v) is 9.70. The minimum Gasteiger partial charge on any atom is -0.370 e. The third-order valence-electron chi connectivity index (χ3n) is 6.79. The van der Waals surface area contributed by atoms with Gasteiger partial charge in [-0.05, 0) is 19.0 Å². The second-order valence-corrected chi connectivity index (χ2v) is 12.9. The second-order valence-electron chi connectivity index (χ2n) is 9.52. The second kappa shape index (κ2) is 15.0. The van der Waals surface area contributed by atoms with Gasteiger partial charge < -0.3 is 29.7 Å². The van der Waals surface area contributed by atoms with Crippen LogP contribution in [0.4, 0.5) is 4.79 Å². The highest BCUT2D eigenvalue weighted by Gasteiger charge is 2.47. The van der Waals surface area contributed by atoms with Crippen LogP contribution in [0.25, 0.3) is 0 Å². The van der Waals surface area contributed by atoms with Crippen LogP contribution in [-0.4, -0.2) is 104 Å². The highest BCUT2D eigenvalue weighted by atomic mass is 35.5. The summed E-state index contributed by atoms with van der Waals surface area (Å²) in [6.07, 6.45) is 2.17. The van der Waals surface area contributed by atoms with Crippen molar-refractivity contribution in [1.82, 2.24) is 9.21 Å². The average molecular weight is 603 g/mol. The van der Waals surface area contributed by atoms with Crippen molar-refractivity contribution in [1.29, 1.82) is 0 Å². The highest BCUT2D eigenvalue weighted by Crippen LogP contribution is 2.30. The Kier molecular flexibility index (Phi) is 14.3. The minimum absolute atomic E-state index is 0. The topological polar surface area (TPSA) is 43.8 Å². The van der Waals surface area contributed by atoms with Crippen molar-refractivity contribution in [3.05, 3.63) is 35.4 Å². The zero-order chi connectivity index (χ0) is 24.1. The number of hydrogen-bond acceptors (Lipinski definition) is 8. The fourth-order valence-electron chi connectivity index (χ4n) is 4.53. The normalized spacial score (nSPS) is 27.5. The van der Waals surface area contributed by atoms with Gasteiger partial charge in [0.25, 0.3) is 4.45 Å². The van der Waals surface area contributed by atoms with Crippen molar-refractivity contribution in [2.45, 2.75) is 32.4 Å². The van der Waals surface area contributed by atoms with Gasteiger partial charge in [0.1, 0.15) is 19.6 Å². The number of carbonyl (C=O) groups excluding carboxylic acids is 1. The van der Waals surface area contributed by atoms with E-state index in [4.69, 9.17) is 24.8 Å². The lowest BCUT2D eigenvalue weighted by molar-refractivity contribution is -1.14. The lowest BCUT2D eigenvalue weighted by Gasteiger charge is -2.50. The lowest BCUT2D eigenvalue weighted by atomic mass is 10.0. The molecule has 0 radical (unpaired) electrons. The molecule has 0 aromatic heterocycles. The predicted molar refractivity (Wildman–Crippen MR) is 160 cm³/mol. The number of piperazine rings is 2. The SMILES string of the molecule is CCCc1cccc(C[N+]2(C(=S)[S-])CC[N+](C)(O)C(CSC(=O)SN3CCN(C)CC3)C2)c1.Cl.Cl. The van der Waals surface area contributed by atoms with Gasteiger partial charge in [0.2, 0.25) is 0 Å². The molecule has 3 atom stereocenters. The Balaban J connectivity index is 0.00000306. The van der Waals surface area contributed by atoms with E-state index in [1.54, 1.807) is 0 Å². The standard InChI is InChI=1S/C23H37N4O2S4.2ClH/c1-4-6-19-7-5-8-20(15-19)16-27(22(30)31)14-13-26(3,29)21(17-27)18-32-23(28)33-25-11-9-24(2)10-12-25;;/h5,7-8,15,21,29H,4,6,9-14,16-18H2,1-3H3;2*1H/q+1;;. The van der Waals surface area contributed by atoms with Crippen LogP contribution in [-0.2, 0) is 25.6 Å². The summed E-state index contributed by atoms with van der Waals surface area (Å²) < 4.78 is 3.21. The molecule has 12 heteroatoms. The molecule has 2 aliphatic heterocycles. The van der Waals surface area contributed by atoms with E-state index in [1.807, 2.05) is 7.05 Å². The number of likely N-dealkylation sites (N-methyl/N-ethyl adjacent to an activating group) is 2. The summed E-state index contributed by atoms with van der Waals surface area (Å²) in [6, 6.07) is 8.58. The van der Waals surface area contributed by atoms with Crippen LogP contribution < -0.4 is 0 Å². The van der Waals surface area contributed by atoms with Crippen LogP contribution in [0, 0.1) is 0 Å². The molecule has 2 fully saturated rings. The zero-order valence-corrected chi connectivity index (χ0v) is 25.7. The number of halogens is 2. The number of carbonyl (C=O) groups is 1. The maximum absolute atomic E-state index is 12.7. The van der Waals surface area contributed by atoms with E-state index in [9.17, 15) is 10.0 Å².